The van der Waals surface area contributed by atoms with E-state index >= 15 is 0 Å². The molecule has 1 aromatic carbocycles. The molecule has 6 heteroatoms. The molecule has 22 heavy (non-hydrogen) atoms. The average molecular weight is 312 g/mol. The molecule has 0 amide bonds. The molecule has 5 nitrogen and oxygen atoms in total. The van der Waals surface area contributed by atoms with E-state index in [4.69, 9.17) is 0 Å². The fourth-order valence-electron chi connectivity index (χ4n) is 2.04. The minimum atomic E-state index is -0.367. The zero-order chi connectivity index (χ0) is 15.5. The van der Waals surface area contributed by atoms with Crippen LogP contribution >= 0.6 is 11.3 Å². The first-order valence-corrected chi connectivity index (χ1v) is 7.46. The first-order chi connectivity index (χ1) is 10.6. The number of rotatable bonds is 4. The minimum Gasteiger partial charge on any atom is -0.507 e. The van der Waals surface area contributed by atoms with Gasteiger partial charge < -0.3 is 5.11 Å². The maximum Gasteiger partial charge on any atom is 0.252 e. The fraction of sp³-hybridized carbons (Fsp3) is 0.0625. The second kappa shape index (κ2) is 5.95. The van der Waals surface area contributed by atoms with Gasteiger partial charge in [0.15, 0.2) is 5.78 Å². The summed E-state index contributed by atoms with van der Waals surface area (Å²) < 4.78 is 1.16. The van der Waals surface area contributed by atoms with E-state index in [2.05, 4.69) is 5.10 Å². The van der Waals surface area contributed by atoms with Gasteiger partial charge in [-0.05, 0) is 23.6 Å². The maximum atomic E-state index is 12.3. The number of benzene rings is 1. The van der Waals surface area contributed by atoms with E-state index in [1.54, 1.807) is 12.1 Å². The van der Waals surface area contributed by atoms with Crippen LogP contribution in [0.2, 0.25) is 0 Å². The zero-order valence-corrected chi connectivity index (χ0v) is 12.3. The van der Waals surface area contributed by atoms with Crippen LogP contribution in [0.5, 0.6) is 5.75 Å². The number of phenolic OH excluding ortho intramolecular Hbond substituents is 1. The third-order valence-electron chi connectivity index (χ3n) is 3.15. The molecule has 0 saturated carbocycles. The summed E-state index contributed by atoms with van der Waals surface area (Å²) in [7, 11) is 0. The summed E-state index contributed by atoms with van der Waals surface area (Å²) in [6, 6.07) is 10.0. The summed E-state index contributed by atoms with van der Waals surface area (Å²) in [6.45, 7) is 0. The van der Waals surface area contributed by atoms with Crippen LogP contribution in [0.25, 0.3) is 0 Å². The average Bonchev–Trinajstić information content (AvgIpc) is 3.18. The largest absolute Gasteiger partial charge is 0.507 e. The van der Waals surface area contributed by atoms with Crippen molar-refractivity contribution in [3.8, 4) is 5.75 Å². The highest BCUT2D eigenvalue weighted by atomic mass is 32.1. The molecule has 0 bridgehead atoms. The molecule has 3 rings (SSSR count). The lowest BCUT2D eigenvalue weighted by molar-refractivity contribution is 0.0899. The number of hydrogen-bond acceptors (Lipinski definition) is 5. The Balaban J connectivity index is 1.80. The molecular formula is C16H12N2O3S. The van der Waals surface area contributed by atoms with E-state index in [0.29, 0.717) is 0 Å². The second-order valence-electron chi connectivity index (χ2n) is 4.67. The molecule has 3 aromatic rings. The molecule has 0 radical (unpaired) electrons. The molecule has 0 aliphatic rings. The lowest BCUT2D eigenvalue weighted by atomic mass is 10.1. The standard InChI is InChI=1S/C16H12N2O3S/c19-14-6-2-1-5-13(14)16(21)11-9-17-18(10-11)15(20)8-12-4-3-7-22-12/h1-7,9-10,19H,8H2. The first kappa shape index (κ1) is 14.2. The number of aromatic hydroxyl groups is 1. The molecule has 1 N–H and O–H groups in total. The Kier molecular flexibility index (Phi) is 3.84. The quantitative estimate of drug-likeness (QED) is 0.752. The summed E-state index contributed by atoms with van der Waals surface area (Å²) in [6.07, 6.45) is 2.97. The first-order valence-electron chi connectivity index (χ1n) is 6.58. The smallest absolute Gasteiger partial charge is 0.252 e. The summed E-state index contributed by atoms with van der Waals surface area (Å²) in [5, 5.41) is 15.6. The molecule has 2 aromatic heterocycles. The lowest BCUT2D eigenvalue weighted by Gasteiger charge is -2.01. The van der Waals surface area contributed by atoms with Gasteiger partial charge in [0, 0.05) is 11.1 Å². The number of phenols is 1. The van der Waals surface area contributed by atoms with Crippen molar-refractivity contribution < 1.29 is 14.7 Å². The Hall–Kier alpha value is -2.73. The highest BCUT2D eigenvalue weighted by molar-refractivity contribution is 7.10. The monoisotopic (exact) mass is 312 g/mol. The van der Waals surface area contributed by atoms with Crippen LogP contribution in [0, 0.1) is 0 Å². The number of thiophene rings is 1. The van der Waals surface area contributed by atoms with Crippen molar-refractivity contribution in [2.24, 2.45) is 0 Å². The normalized spacial score (nSPS) is 10.5. The molecular weight excluding hydrogens is 300 g/mol. The molecule has 0 aliphatic carbocycles. The number of hydrogen-bond donors (Lipinski definition) is 1. The maximum absolute atomic E-state index is 12.3. The van der Waals surface area contributed by atoms with Gasteiger partial charge in [-0.25, -0.2) is 4.68 Å². The van der Waals surface area contributed by atoms with Crippen molar-refractivity contribution in [1.82, 2.24) is 9.78 Å². The lowest BCUT2D eigenvalue weighted by Crippen LogP contribution is -2.13. The summed E-state index contributed by atoms with van der Waals surface area (Å²) in [5.41, 5.74) is 0.453. The van der Waals surface area contributed by atoms with Gasteiger partial charge in [0.1, 0.15) is 5.75 Å². The number of ketones is 1. The fourth-order valence-corrected chi connectivity index (χ4v) is 2.74. The molecule has 110 valence electrons. The van der Waals surface area contributed by atoms with Gasteiger partial charge >= 0.3 is 0 Å². The van der Waals surface area contributed by atoms with Crippen molar-refractivity contribution in [2.45, 2.75) is 6.42 Å². The molecule has 0 atom stereocenters. The van der Waals surface area contributed by atoms with E-state index in [0.717, 1.165) is 9.56 Å². The van der Waals surface area contributed by atoms with Crippen LogP contribution in [0.15, 0.2) is 54.2 Å². The highest BCUT2D eigenvalue weighted by Crippen LogP contribution is 2.19. The summed E-state index contributed by atoms with van der Waals surface area (Å²) >= 11 is 1.50. The number of carbonyl (C=O) groups excluding carboxylic acids is 2. The third-order valence-corrected chi connectivity index (χ3v) is 4.03. The number of nitrogens with zero attached hydrogens (tertiary/aromatic N) is 2. The molecule has 0 fully saturated rings. The Morgan fingerprint density at radius 2 is 2.00 bits per heavy atom. The van der Waals surface area contributed by atoms with Gasteiger partial charge in [0.25, 0.3) is 5.91 Å². The van der Waals surface area contributed by atoms with Crippen molar-refractivity contribution in [3.05, 3.63) is 70.2 Å². The predicted molar refractivity (Wildman–Crippen MR) is 82.4 cm³/mol. The van der Waals surface area contributed by atoms with Gasteiger partial charge in [-0.3, -0.25) is 9.59 Å². The third kappa shape index (κ3) is 2.82. The number of carbonyl (C=O) groups is 2. The molecule has 0 unspecified atom stereocenters. The zero-order valence-electron chi connectivity index (χ0n) is 11.5. The van der Waals surface area contributed by atoms with Gasteiger partial charge in [0.05, 0.1) is 23.7 Å². The topological polar surface area (TPSA) is 72.2 Å². The van der Waals surface area contributed by atoms with Crippen molar-refractivity contribution in [1.29, 1.82) is 0 Å². The Morgan fingerprint density at radius 3 is 2.73 bits per heavy atom. The van der Waals surface area contributed by atoms with Gasteiger partial charge in [0.2, 0.25) is 0 Å². The Bertz CT molecular complexity index is 822. The van der Waals surface area contributed by atoms with E-state index in [1.165, 1.54) is 35.9 Å². The SMILES string of the molecule is O=C(c1cnn(C(=O)Cc2cccs2)c1)c1ccccc1O. The van der Waals surface area contributed by atoms with Gasteiger partial charge in [-0.2, -0.15) is 5.10 Å². The minimum absolute atomic E-state index is 0.0924. The van der Waals surface area contributed by atoms with E-state index in [1.807, 2.05) is 17.5 Å². The van der Waals surface area contributed by atoms with Crippen LogP contribution in [-0.2, 0) is 6.42 Å². The summed E-state index contributed by atoms with van der Waals surface area (Å²) in [4.78, 5) is 25.3. The van der Waals surface area contributed by atoms with E-state index in [-0.39, 0.29) is 35.0 Å². The second-order valence-corrected chi connectivity index (χ2v) is 5.70. The van der Waals surface area contributed by atoms with Crippen molar-refractivity contribution in [3.63, 3.8) is 0 Å². The number of para-hydroxylation sites is 1. The Labute approximate surface area is 130 Å². The molecule has 0 saturated heterocycles. The van der Waals surface area contributed by atoms with Crippen LogP contribution in [-0.4, -0.2) is 26.6 Å². The van der Waals surface area contributed by atoms with Gasteiger partial charge in [-0.15, -0.1) is 11.3 Å². The molecule has 0 aliphatic heterocycles. The van der Waals surface area contributed by atoms with Crippen molar-refractivity contribution >= 4 is 23.0 Å². The predicted octanol–water partition coefficient (Wildman–Crippen LogP) is 2.76. The highest BCUT2D eigenvalue weighted by Gasteiger charge is 2.17. The van der Waals surface area contributed by atoms with E-state index in [9.17, 15) is 14.7 Å². The Morgan fingerprint density at radius 1 is 1.18 bits per heavy atom. The van der Waals surface area contributed by atoms with Crippen molar-refractivity contribution in [2.75, 3.05) is 0 Å². The number of aromatic nitrogens is 2. The van der Waals surface area contributed by atoms with Gasteiger partial charge in [-0.1, -0.05) is 18.2 Å². The van der Waals surface area contributed by atoms with Crippen LogP contribution in [0.1, 0.15) is 25.6 Å². The van der Waals surface area contributed by atoms with Crippen LogP contribution < -0.4 is 0 Å². The molecule has 2 heterocycles. The molecule has 0 spiro atoms. The summed E-state index contributed by atoms with van der Waals surface area (Å²) in [5.74, 6) is -0.669. The van der Waals surface area contributed by atoms with Crippen LogP contribution in [0.3, 0.4) is 0 Å². The van der Waals surface area contributed by atoms with E-state index < -0.39 is 0 Å². The van der Waals surface area contributed by atoms with Crippen LogP contribution in [0.4, 0.5) is 0 Å².